The molecule has 0 bridgehead atoms. The van der Waals surface area contributed by atoms with E-state index in [2.05, 4.69) is 20.5 Å². The molecule has 260 valence electrons. The van der Waals surface area contributed by atoms with Gasteiger partial charge in [0.2, 0.25) is 0 Å². The predicted molar refractivity (Wildman–Crippen MR) is 163 cm³/mol. The number of likely N-dealkylation sites (N-methyl/N-ethyl adjacent to an activating group) is 1. The van der Waals surface area contributed by atoms with Gasteiger partial charge in [0.15, 0.2) is 0 Å². The number of aromatic nitrogens is 3. The number of nitrogens with zero attached hydrogens (tertiary/aromatic N) is 6. The van der Waals surface area contributed by atoms with Crippen molar-refractivity contribution in [3.05, 3.63) is 24.0 Å². The Morgan fingerprint density at radius 3 is 1.70 bits per heavy atom. The monoisotopic (exact) mass is 655 g/mol. The fourth-order valence-electron chi connectivity index (χ4n) is 4.14. The van der Waals surface area contributed by atoms with E-state index in [0.29, 0.717) is 117 Å². The molecule has 3 rings (SSSR count). The van der Waals surface area contributed by atoms with Crippen molar-refractivity contribution in [3.8, 4) is 0 Å². The van der Waals surface area contributed by atoms with Gasteiger partial charge in [-0.1, -0.05) is 5.21 Å². The van der Waals surface area contributed by atoms with E-state index in [9.17, 15) is 14.4 Å². The molecule has 0 unspecified atom stereocenters. The van der Waals surface area contributed by atoms with Crippen LogP contribution in [0.5, 0.6) is 0 Å². The number of carbonyl (C=O) groups excluding carboxylic acids is 3. The first kappa shape index (κ1) is 37.4. The van der Waals surface area contributed by atoms with Gasteiger partial charge in [0.05, 0.1) is 112 Å². The summed E-state index contributed by atoms with van der Waals surface area (Å²) in [6.07, 6.45) is 4.17. The first-order chi connectivity index (χ1) is 22.4. The van der Waals surface area contributed by atoms with Crippen LogP contribution in [0.3, 0.4) is 0 Å². The largest absolute Gasteiger partial charge is 0.377 e. The Morgan fingerprint density at radius 2 is 1.22 bits per heavy atom. The second-order valence-electron chi connectivity index (χ2n) is 10.6. The maximum Gasteiger partial charge on any atom is 0.317 e. The summed E-state index contributed by atoms with van der Waals surface area (Å²) < 4.78 is 40.0. The Balaban J connectivity index is 0.961. The van der Waals surface area contributed by atoms with Crippen molar-refractivity contribution in [1.82, 2.24) is 35.0 Å². The van der Waals surface area contributed by atoms with Crippen LogP contribution in [-0.4, -0.2) is 180 Å². The first-order valence-electron chi connectivity index (χ1n) is 15.6. The van der Waals surface area contributed by atoms with Crippen LogP contribution in [0.1, 0.15) is 5.69 Å². The third-order valence-corrected chi connectivity index (χ3v) is 6.91. The van der Waals surface area contributed by atoms with Gasteiger partial charge in [-0.25, -0.2) is 9.48 Å². The summed E-state index contributed by atoms with van der Waals surface area (Å²) in [5.41, 5.74) is 0.532. The molecule has 17 heteroatoms. The van der Waals surface area contributed by atoms with Crippen LogP contribution < -0.4 is 5.32 Å². The van der Waals surface area contributed by atoms with Gasteiger partial charge in [-0.05, 0) is 14.1 Å². The zero-order valence-electron chi connectivity index (χ0n) is 27.0. The minimum absolute atomic E-state index is 0.0424. The van der Waals surface area contributed by atoms with Crippen molar-refractivity contribution in [1.29, 1.82) is 0 Å². The van der Waals surface area contributed by atoms with Crippen molar-refractivity contribution in [3.63, 3.8) is 0 Å². The van der Waals surface area contributed by atoms with Crippen molar-refractivity contribution in [2.24, 2.45) is 0 Å². The summed E-state index contributed by atoms with van der Waals surface area (Å²) >= 11 is 0. The average Bonchev–Trinajstić information content (AvgIpc) is 3.59. The Labute approximate surface area is 269 Å². The van der Waals surface area contributed by atoms with E-state index < -0.39 is 0 Å². The number of amides is 4. The summed E-state index contributed by atoms with van der Waals surface area (Å²) in [5, 5.41) is 10.8. The maximum absolute atomic E-state index is 11.9. The zero-order valence-corrected chi connectivity index (χ0v) is 27.0. The van der Waals surface area contributed by atoms with Crippen molar-refractivity contribution in [2.45, 2.75) is 19.1 Å². The standard InChI is InChI=1S/C29H49N7O10/c1-33(2)26-23-34(24-26)29(39)30-5-7-40-9-11-42-13-15-44-17-19-46-20-18-45-16-14-43-12-10-41-8-6-35-21-25(31-32-35)22-36-27(37)3-4-28(36)38/h3-4,21,26H,5-20,22-24H2,1-2H3,(H,30,39). The quantitative estimate of drug-likeness (QED) is 0.0885. The Kier molecular flexibility index (Phi) is 18.3. The van der Waals surface area contributed by atoms with Gasteiger partial charge in [0, 0.05) is 37.8 Å². The molecule has 1 saturated heterocycles. The summed E-state index contributed by atoms with van der Waals surface area (Å²) in [5.74, 6) is -0.699. The maximum atomic E-state index is 11.9. The van der Waals surface area contributed by atoms with Crippen molar-refractivity contribution < 1.29 is 47.5 Å². The zero-order chi connectivity index (χ0) is 32.8. The Hall–Kier alpha value is -3.03. The lowest BCUT2D eigenvalue weighted by atomic mass is 10.1. The minimum atomic E-state index is -0.349. The van der Waals surface area contributed by atoms with E-state index in [1.165, 1.54) is 12.2 Å². The van der Waals surface area contributed by atoms with E-state index in [0.717, 1.165) is 18.0 Å². The molecule has 1 aromatic rings. The summed E-state index contributed by atoms with van der Waals surface area (Å²) in [4.78, 5) is 40.2. The number of rotatable bonds is 27. The molecule has 1 N–H and O–H groups in total. The van der Waals surface area contributed by atoms with Crippen LogP contribution in [0.4, 0.5) is 4.79 Å². The number of likely N-dealkylation sites (tertiary alicyclic amines) is 1. The second kappa shape index (κ2) is 22.5. The number of ether oxygens (including phenoxy) is 7. The predicted octanol–water partition coefficient (Wildman–Crippen LogP) is -1.23. The van der Waals surface area contributed by atoms with E-state index >= 15 is 0 Å². The van der Waals surface area contributed by atoms with Crippen molar-refractivity contribution in [2.75, 3.05) is 126 Å². The van der Waals surface area contributed by atoms with Gasteiger partial charge < -0.3 is 48.3 Å². The van der Waals surface area contributed by atoms with Gasteiger partial charge in [-0.2, -0.15) is 0 Å². The van der Waals surface area contributed by atoms with Crippen LogP contribution in [0.25, 0.3) is 0 Å². The van der Waals surface area contributed by atoms with Crippen LogP contribution in [0.2, 0.25) is 0 Å². The van der Waals surface area contributed by atoms with Gasteiger partial charge in [-0.3, -0.25) is 14.5 Å². The summed E-state index contributed by atoms with van der Waals surface area (Å²) in [7, 11) is 4.04. The molecule has 2 aliphatic rings. The SMILES string of the molecule is CN(C)C1CN(C(=O)NCCOCCOCCOCCOCCOCCOCCOCCn2cc(CN3C(=O)C=CC3=O)nn2)C1. The third kappa shape index (κ3) is 15.0. The lowest BCUT2D eigenvalue weighted by Gasteiger charge is -2.42. The number of nitrogens with one attached hydrogen (secondary N) is 1. The van der Waals surface area contributed by atoms with Crippen molar-refractivity contribution >= 4 is 17.8 Å². The third-order valence-electron chi connectivity index (χ3n) is 6.91. The van der Waals surface area contributed by atoms with Crippen LogP contribution in [0.15, 0.2) is 18.3 Å². The molecule has 0 aliphatic carbocycles. The molecule has 0 aromatic carbocycles. The van der Waals surface area contributed by atoms with Crippen LogP contribution in [-0.2, 0) is 55.8 Å². The lowest BCUT2D eigenvalue weighted by Crippen LogP contribution is -2.61. The first-order valence-corrected chi connectivity index (χ1v) is 15.6. The lowest BCUT2D eigenvalue weighted by molar-refractivity contribution is -0.137. The summed E-state index contributed by atoms with van der Waals surface area (Å²) in [6, 6.07) is 0.406. The molecule has 4 amide bonds. The van der Waals surface area contributed by atoms with Gasteiger partial charge in [0.1, 0.15) is 5.69 Å². The topological polar surface area (TPSA) is 168 Å². The number of hydrogen-bond acceptors (Lipinski definition) is 13. The van der Waals surface area contributed by atoms with E-state index in [1.54, 1.807) is 15.8 Å². The molecular weight excluding hydrogens is 606 g/mol. The smallest absolute Gasteiger partial charge is 0.317 e. The molecular formula is C29H49N7O10. The average molecular weight is 656 g/mol. The van der Waals surface area contributed by atoms with E-state index in [4.69, 9.17) is 33.2 Å². The van der Waals surface area contributed by atoms with Gasteiger partial charge in [-0.15, -0.1) is 5.10 Å². The number of imide groups is 1. The molecule has 46 heavy (non-hydrogen) atoms. The van der Waals surface area contributed by atoms with E-state index in [-0.39, 0.29) is 24.4 Å². The molecule has 2 aliphatic heterocycles. The highest BCUT2D eigenvalue weighted by Gasteiger charge is 2.31. The molecule has 0 saturated carbocycles. The fraction of sp³-hybridized carbons (Fsp3) is 0.759. The highest BCUT2D eigenvalue weighted by Crippen LogP contribution is 2.11. The van der Waals surface area contributed by atoms with Gasteiger partial charge in [0.25, 0.3) is 11.8 Å². The molecule has 17 nitrogen and oxygen atoms in total. The number of hydrogen-bond donors (Lipinski definition) is 1. The molecule has 0 atom stereocenters. The van der Waals surface area contributed by atoms with Gasteiger partial charge >= 0.3 is 6.03 Å². The second-order valence-corrected chi connectivity index (χ2v) is 10.6. The Bertz CT molecular complexity index is 1030. The fourth-order valence-corrected chi connectivity index (χ4v) is 4.14. The molecule has 0 spiro atoms. The van der Waals surface area contributed by atoms with Crippen LogP contribution in [0, 0.1) is 0 Å². The molecule has 3 heterocycles. The highest BCUT2D eigenvalue weighted by molar-refractivity contribution is 6.12. The van der Waals surface area contributed by atoms with E-state index in [1.807, 2.05) is 14.1 Å². The minimum Gasteiger partial charge on any atom is -0.377 e. The number of urea groups is 1. The highest BCUT2D eigenvalue weighted by atomic mass is 16.6. The Morgan fingerprint density at radius 1 is 0.761 bits per heavy atom. The normalized spacial score (nSPS) is 15.0. The molecule has 1 aromatic heterocycles. The summed E-state index contributed by atoms with van der Waals surface area (Å²) in [6.45, 7) is 9.06. The molecule has 0 radical (unpaired) electrons. The van der Waals surface area contributed by atoms with Crippen LogP contribution >= 0.6 is 0 Å². The molecule has 1 fully saturated rings. The number of carbonyl (C=O) groups is 3.